The average Bonchev–Trinajstić information content (AvgIpc) is 3.58. The van der Waals surface area contributed by atoms with Crippen LogP contribution in [0.3, 0.4) is 0 Å². The summed E-state index contributed by atoms with van der Waals surface area (Å²) in [6.07, 6.45) is -0.829. The lowest BCUT2D eigenvalue weighted by atomic mass is 10.1. The van der Waals surface area contributed by atoms with Crippen LogP contribution in [0.1, 0.15) is 59.1 Å². The predicted octanol–water partition coefficient (Wildman–Crippen LogP) is 5.85. The number of carbonyl (C=O) groups is 1. The second-order valence-corrected chi connectivity index (χ2v) is 9.55. The highest BCUT2D eigenvalue weighted by Gasteiger charge is 2.29. The molecule has 0 spiro atoms. The van der Waals surface area contributed by atoms with Crippen molar-refractivity contribution in [3.63, 3.8) is 0 Å². The summed E-state index contributed by atoms with van der Waals surface area (Å²) in [5.41, 5.74) is 3.72. The van der Waals surface area contributed by atoms with Crippen molar-refractivity contribution in [3.8, 4) is 0 Å². The minimum atomic E-state index is -2.66. The van der Waals surface area contributed by atoms with Crippen molar-refractivity contribution in [1.82, 2.24) is 24.5 Å². The SMILES string of the molecule is Cc1nn(Cc2ccc(F)cc2Cl)c(C)c1NC(=O)Cn1nc(C)c2c(C(F)F)cc(C3CC3)nc21. The van der Waals surface area contributed by atoms with Crippen molar-refractivity contribution < 1.29 is 18.0 Å². The fourth-order valence-electron chi connectivity index (χ4n) is 4.44. The molecule has 36 heavy (non-hydrogen) atoms. The van der Waals surface area contributed by atoms with Gasteiger partial charge in [0.05, 0.1) is 34.7 Å². The Bertz CT molecular complexity index is 1490. The van der Waals surface area contributed by atoms with E-state index in [1.54, 1.807) is 31.5 Å². The molecule has 1 fully saturated rings. The largest absolute Gasteiger partial charge is 0.321 e. The third kappa shape index (κ3) is 4.57. The minimum Gasteiger partial charge on any atom is -0.321 e. The Kier molecular flexibility index (Phi) is 6.23. The topological polar surface area (TPSA) is 77.6 Å². The average molecular weight is 517 g/mol. The Morgan fingerprint density at radius 3 is 2.53 bits per heavy atom. The van der Waals surface area contributed by atoms with Gasteiger partial charge in [0.15, 0.2) is 5.65 Å². The molecule has 7 nitrogen and oxygen atoms in total. The van der Waals surface area contributed by atoms with Crippen LogP contribution in [0.25, 0.3) is 11.0 Å². The molecule has 0 radical (unpaired) electrons. The molecule has 4 aromatic rings. The van der Waals surface area contributed by atoms with E-state index in [2.05, 4.69) is 20.5 Å². The second kappa shape index (κ2) is 9.24. The number of nitrogens with one attached hydrogen (secondary N) is 1. The van der Waals surface area contributed by atoms with E-state index in [0.29, 0.717) is 46.0 Å². The maximum absolute atomic E-state index is 13.8. The van der Waals surface area contributed by atoms with Crippen molar-refractivity contribution in [2.45, 2.75) is 59.0 Å². The van der Waals surface area contributed by atoms with Crippen LogP contribution in [-0.2, 0) is 17.9 Å². The van der Waals surface area contributed by atoms with Gasteiger partial charge in [-0.2, -0.15) is 10.2 Å². The molecule has 11 heteroatoms. The van der Waals surface area contributed by atoms with Crippen molar-refractivity contribution in [2.24, 2.45) is 0 Å². The number of alkyl halides is 2. The lowest BCUT2D eigenvalue weighted by Crippen LogP contribution is -2.20. The lowest BCUT2D eigenvalue weighted by molar-refractivity contribution is -0.116. The van der Waals surface area contributed by atoms with Crippen LogP contribution < -0.4 is 5.32 Å². The number of halogens is 4. The number of benzene rings is 1. The summed E-state index contributed by atoms with van der Waals surface area (Å²) < 4.78 is 44.1. The van der Waals surface area contributed by atoms with Gasteiger partial charge in [0, 0.05) is 22.2 Å². The zero-order chi connectivity index (χ0) is 25.7. The van der Waals surface area contributed by atoms with Crippen LogP contribution in [0.5, 0.6) is 0 Å². The van der Waals surface area contributed by atoms with Crippen LogP contribution in [0, 0.1) is 26.6 Å². The molecule has 1 N–H and O–H groups in total. The first-order valence-electron chi connectivity index (χ1n) is 11.6. The summed E-state index contributed by atoms with van der Waals surface area (Å²) in [7, 11) is 0. The summed E-state index contributed by atoms with van der Waals surface area (Å²) in [4.78, 5) is 17.6. The molecule has 0 saturated heterocycles. The highest BCUT2D eigenvalue weighted by molar-refractivity contribution is 6.31. The maximum Gasteiger partial charge on any atom is 0.264 e. The summed E-state index contributed by atoms with van der Waals surface area (Å²) in [6.45, 7) is 5.31. The van der Waals surface area contributed by atoms with Gasteiger partial charge in [0.2, 0.25) is 5.91 Å². The normalized spacial score (nSPS) is 13.7. The number of pyridine rings is 1. The molecular weight excluding hydrogens is 493 g/mol. The molecule has 0 bridgehead atoms. The highest BCUT2D eigenvalue weighted by atomic mass is 35.5. The van der Waals surface area contributed by atoms with E-state index in [1.165, 1.54) is 22.9 Å². The van der Waals surface area contributed by atoms with E-state index >= 15 is 0 Å². The smallest absolute Gasteiger partial charge is 0.264 e. The van der Waals surface area contributed by atoms with Gasteiger partial charge in [-0.05, 0) is 57.4 Å². The number of nitrogens with zero attached hydrogens (tertiary/aromatic N) is 5. The summed E-state index contributed by atoms with van der Waals surface area (Å²) in [6, 6.07) is 5.63. The van der Waals surface area contributed by atoms with Gasteiger partial charge < -0.3 is 5.32 Å². The first-order valence-corrected chi connectivity index (χ1v) is 11.9. The zero-order valence-corrected chi connectivity index (χ0v) is 20.7. The summed E-state index contributed by atoms with van der Waals surface area (Å²) in [5, 5.41) is 12.3. The van der Waals surface area contributed by atoms with Crippen LogP contribution in [0.4, 0.5) is 18.9 Å². The van der Waals surface area contributed by atoms with Crippen molar-refractivity contribution >= 4 is 34.2 Å². The van der Waals surface area contributed by atoms with E-state index in [-0.39, 0.29) is 34.6 Å². The van der Waals surface area contributed by atoms with E-state index in [4.69, 9.17) is 11.6 Å². The monoisotopic (exact) mass is 516 g/mol. The quantitative estimate of drug-likeness (QED) is 0.334. The minimum absolute atomic E-state index is 0.0986. The van der Waals surface area contributed by atoms with Gasteiger partial charge in [0.1, 0.15) is 12.4 Å². The van der Waals surface area contributed by atoms with Gasteiger partial charge in [-0.25, -0.2) is 22.8 Å². The van der Waals surface area contributed by atoms with Crippen LogP contribution in [0.15, 0.2) is 24.3 Å². The number of carbonyl (C=O) groups excluding carboxylic acids is 1. The van der Waals surface area contributed by atoms with Gasteiger partial charge in [-0.1, -0.05) is 17.7 Å². The van der Waals surface area contributed by atoms with E-state index in [9.17, 15) is 18.0 Å². The molecule has 1 aromatic carbocycles. The lowest BCUT2D eigenvalue weighted by Gasteiger charge is -2.10. The molecular formula is C25H24ClF3N6O. The molecule has 0 atom stereocenters. The number of hydrogen-bond acceptors (Lipinski definition) is 4. The van der Waals surface area contributed by atoms with Crippen molar-refractivity contribution in [1.29, 1.82) is 0 Å². The number of fused-ring (bicyclic) bond motifs is 1. The Morgan fingerprint density at radius 2 is 1.86 bits per heavy atom. The molecule has 1 amide bonds. The summed E-state index contributed by atoms with van der Waals surface area (Å²) in [5.74, 6) is -0.636. The molecule has 5 rings (SSSR count). The van der Waals surface area contributed by atoms with Crippen molar-refractivity contribution in [3.05, 3.63) is 69.0 Å². The number of rotatable bonds is 7. The van der Waals surface area contributed by atoms with E-state index in [0.717, 1.165) is 12.8 Å². The molecule has 0 unspecified atom stereocenters. The van der Waals surface area contributed by atoms with Crippen molar-refractivity contribution in [2.75, 3.05) is 5.32 Å². The Balaban J connectivity index is 1.40. The van der Waals surface area contributed by atoms with Gasteiger partial charge in [0.25, 0.3) is 6.43 Å². The number of aryl methyl sites for hydroxylation is 2. The van der Waals surface area contributed by atoms with E-state index < -0.39 is 12.2 Å². The van der Waals surface area contributed by atoms with Crippen LogP contribution in [0.2, 0.25) is 5.02 Å². The third-order valence-corrected chi connectivity index (χ3v) is 6.78. The predicted molar refractivity (Wildman–Crippen MR) is 130 cm³/mol. The molecule has 1 aliphatic rings. The summed E-state index contributed by atoms with van der Waals surface area (Å²) >= 11 is 6.15. The standard InChI is InChI=1S/C25H24ClF3N6O/c1-12-22-18(24(28)29)9-20(15-4-5-15)30-25(22)35(32-12)11-21(36)31-23-13(2)33-34(14(23)3)10-16-6-7-17(27)8-19(16)26/h6-9,15,24H,4-5,10-11H2,1-3H3,(H,31,36). The maximum atomic E-state index is 13.8. The van der Waals surface area contributed by atoms with E-state index in [1.807, 2.05) is 0 Å². The first-order chi connectivity index (χ1) is 17.1. The molecule has 188 valence electrons. The molecule has 3 heterocycles. The number of aromatic nitrogens is 5. The fraction of sp³-hybridized carbons (Fsp3) is 0.360. The van der Waals surface area contributed by atoms with Crippen LogP contribution >= 0.6 is 11.6 Å². The van der Waals surface area contributed by atoms with Gasteiger partial charge in [-0.3, -0.25) is 9.48 Å². The first kappa shape index (κ1) is 24.3. The van der Waals surface area contributed by atoms with Gasteiger partial charge >= 0.3 is 0 Å². The number of amides is 1. The molecule has 3 aromatic heterocycles. The zero-order valence-electron chi connectivity index (χ0n) is 19.9. The fourth-order valence-corrected chi connectivity index (χ4v) is 4.66. The second-order valence-electron chi connectivity index (χ2n) is 9.14. The molecule has 0 aliphatic heterocycles. The van der Waals surface area contributed by atoms with Crippen LogP contribution in [-0.4, -0.2) is 30.5 Å². The van der Waals surface area contributed by atoms with Gasteiger partial charge in [-0.15, -0.1) is 0 Å². The Labute approximate surface area is 210 Å². The Hall–Kier alpha value is -3.40. The Morgan fingerprint density at radius 1 is 1.14 bits per heavy atom. The highest BCUT2D eigenvalue weighted by Crippen LogP contribution is 2.42. The molecule has 1 aliphatic carbocycles. The number of hydrogen-bond donors (Lipinski definition) is 1. The number of anilines is 1. The third-order valence-electron chi connectivity index (χ3n) is 6.43. The molecule has 1 saturated carbocycles.